The molecule has 7 nitrogen and oxygen atoms in total. The number of nitrogens with zero attached hydrogens (tertiary/aromatic N) is 1. The first-order valence-corrected chi connectivity index (χ1v) is 8.72. The molecule has 0 atom stereocenters. The largest absolute Gasteiger partial charge is 0.506 e. The standard InChI is InChI=1S/C17H15ClN4O3S/c1-7-5-8(2)20-17-12(7)13(19)14(26-17)16(25)22-21-15(24)9-3-4-11(23)10(18)6-9/h3-6,23H,19H2,1-2H3,(H,21,24)(H,22,25). The number of benzene rings is 1. The van der Waals surface area contributed by atoms with E-state index in [1.807, 2.05) is 19.9 Å². The number of anilines is 1. The average molecular weight is 391 g/mol. The molecular formula is C17H15ClN4O3S. The van der Waals surface area contributed by atoms with Crippen LogP contribution >= 0.6 is 22.9 Å². The zero-order valence-corrected chi connectivity index (χ0v) is 15.5. The third-order valence-corrected chi connectivity index (χ3v) is 5.13. The summed E-state index contributed by atoms with van der Waals surface area (Å²) in [4.78, 5) is 29.8. The van der Waals surface area contributed by atoms with Crippen molar-refractivity contribution in [3.05, 3.63) is 51.0 Å². The van der Waals surface area contributed by atoms with Crippen LogP contribution in [0.4, 0.5) is 5.69 Å². The van der Waals surface area contributed by atoms with Crippen LogP contribution in [0.3, 0.4) is 0 Å². The van der Waals surface area contributed by atoms with Crippen molar-refractivity contribution in [2.45, 2.75) is 13.8 Å². The second kappa shape index (κ2) is 6.81. The minimum absolute atomic E-state index is 0.0367. The van der Waals surface area contributed by atoms with Crippen LogP contribution in [0.25, 0.3) is 10.2 Å². The van der Waals surface area contributed by atoms with E-state index in [0.717, 1.165) is 28.0 Å². The molecule has 0 aliphatic heterocycles. The van der Waals surface area contributed by atoms with E-state index in [2.05, 4.69) is 15.8 Å². The first kappa shape index (κ1) is 18.0. The molecule has 0 aliphatic carbocycles. The van der Waals surface area contributed by atoms with Gasteiger partial charge in [0, 0.05) is 16.6 Å². The van der Waals surface area contributed by atoms with E-state index in [9.17, 15) is 14.7 Å². The Balaban J connectivity index is 1.79. The molecular weight excluding hydrogens is 376 g/mol. The number of carbonyl (C=O) groups excluding carboxylic acids is 2. The van der Waals surface area contributed by atoms with E-state index < -0.39 is 11.8 Å². The minimum Gasteiger partial charge on any atom is -0.506 e. The van der Waals surface area contributed by atoms with Crippen molar-refractivity contribution in [3.8, 4) is 5.75 Å². The van der Waals surface area contributed by atoms with Crippen LogP contribution in [0.15, 0.2) is 24.3 Å². The molecule has 1 aromatic carbocycles. The second-order valence-corrected chi connectivity index (χ2v) is 7.09. The number of nitrogen functional groups attached to an aromatic ring is 1. The highest BCUT2D eigenvalue weighted by atomic mass is 35.5. The lowest BCUT2D eigenvalue weighted by Crippen LogP contribution is -2.41. The number of phenolic OH excluding ortho intramolecular Hbond substituents is 1. The monoisotopic (exact) mass is 390 g/mol. The lowest BCUT2D eigenvalue weighted by Gasteiger charge is -2.07. The van der Waals surface area contributed by atoms with Crippen LogP contribution in [-0.2, 0) is 0 Å². The maximum Gasteiger partial charge on any atom is 0.281 e. The number of carbonyl (C=O) groups is 2. The van der Waals surface area contributed by atoms with Gasteiger partial charge in [0.15, 0.2) is 0 Å². The number of rotatable bonds is 2. The molecule has 3 aromatic rings. The molecule has 9 heteroatoms. The van der Waals surface area contributed by atoms with E-state index in [0.29, 0.717) is 10.5 Å². The van der Waals surface area contributed by atoms with Crippen molar-refractivity contribution in [2.75, 3.05) is 5.73 Å². The van der Waals surface area contributed by atoms with Crippen LogP contribution < -0.4 is 16.6 Å². The first-order valence-electron chi connectivity index (χ1n) is 7.53. The number of phenols is 1. The van der Waals surface area contributed by atoms with E-state index >= 15 is 0 Å². The summed E-state index contributed by atoms with van der Waals surface area (Å²) in [6.07, 6.45) is 0. The Hall–Kier alpha value is -2.84. The zero-order chi connectivity index (χ0) is 19.0. The molecule has 2 amide bonds. The van der Waals surface area contributed by atoms with Gasteiger partial charge in [-0.05, 0) is 43.7 Å². The molecule has 0 aliphatic rings. The topological polar surface area (TPSA) is 117 Å². The number of nitrogens with one attached hydrogen (secondary N) is 2. The molecule has 0 spiro atoms. The first-order chi connectivity index (χ1) is 12.3. The number of hydrogen-bond acceptors (Lipinski definition) is 6. The Bertz CT molecular complexity index is 1050. The Morgan fingerprint density at radius 1 is 1.19 bits per heavy atom. The number of hydrogen-bond donors (Lipinski definition) is 4. The predicted octanol–water partition coefficient (Wildman–Crippen LogP) is 2.93. The van der Waals surface area contributed by atoms with Crippen molar-refractivity contribution < 1.29 is 14.7 Å². The van der Waals surface area contributed by atoms with Gasteiger partial charge in [0.1, 0.15) is 15.5 Å². The molecule has 0 bridgehead atoms. The molecule has 0 saturated carbocycles. The highest BCUT2D eigenvalue weighted by Crippen LogP contribution is 2.34. The number of halogens is 1. The second-order valence-electron chi connectivity index (χ2n) is 5.68. The van der Waals surface area contributed by atoms with Gasteiger partial charge in [-0.2, -0.15) is 0 Å². The maximum absolute atomic E-state index is 12.4. The van der Waals surface area contributed by atoms with E-state index in [1.165, 1.54) is 18.2 Å². The molecule has 134 valence electrons. The number of amides is 2. The Morgan fingerprint density at radius 3 is 2.58 bits per heavy atom. The fraction of sp³-hybridized carbons (Fsp3) is 0.118. The summed E-state index contributed by atoms with van der Waals surface area (Å²) in [5.74, 6) is -1.26. The fourth-order valence-electron chi connectivity index (χ4n) is 2.53. The van der Waals surface area contributed by atoms with Crippen molar-refractivity contribution in [3.63, 3.8) is 0 Å². The number of hydrazine groups is 1. The minimum atomic E-state index is -0.579. The molecule has 0 fully saturated rings. The third-order valence-electron chi connectivity index (χ3n) is 3.73. The Labute approximate surface area is 157 Å². The van der Waals surface area contributed by atoms with E-state index in [4.69, 9.17) is 17.3 Å². The fourth-order valence-corrected chi connectivity index (χ4v) is 3.82. The third kappa shape index (κ3) is 3.29. The van der Waals surface area contributed by atoms with Gasteiger partial charge >= 0.3 is 0 Å². The van der Waals surface area contributed by atoms with Crippen LogP contribution in [0.1, 0.15) is 31.3 Å². The normalized spacial score (nSPS) is 10.7. The van der Waals surface area contributed by atoms with E-state index in [1.54, 1.807) is 0 Å². The van der Waals surface area contributed by atoms with Gasteiger partial charge in [-0.25, -0.2) is 4.98 Å². The smallest absolute Gasteiger partial charge is 0.281 e. The van der Waals surface area contributed by atoms with Crippen LogP contribution in [0.2, 0.25) is 5.02 Å². The predicted molar refractivity (Wildman–Crippen MR) is 102 cm³/mol. The van der Waals surface area contributed by atoms with Gasteiger partial charge in [0.2, 0.25) is 0 Å². The number of pyridine rings is 1. The van der Waals surface area contributed by atoms with Crippen molar-refractivity contribution in [2.24, 2.45) is 0 Å². The summed E-state index contributed by atoms with van der Waals surface area (Å²) in [6, 6.07) is 5.86. The summed E-state index contributed by atoms with van der Waals surface area (Å²) < 4.78 is 0. The molecule has 0 unspecified atom stereocenters. The summed E-state index contributed by atoms with van der Waals surface area (Å²) in [6.45, 7) is 3.77. The van der Waals surface area contributed by atoms with Crippen LogP contribution in [-0.4, -0.2) is 21.9 Å². The lowest BCUT2D eigenvalue weighted by atomic mass is 10.1. The average Bonchev–Trinajstić information content (AvgIpc) is 2.91. The van der Waals surface area contributed by atoms with Crippen molar-refractivity contribution >= 4 is 50.7 Å². The van der Waals surface area contributed by atoms with Gasteiger partial charge in [0.25, 0.3) is 11.8 Å². The maximum atomic E-state index is 12.4. The zero-order valence-electron chi connectivity index (χ0n) is 13.9. The summed E-state index contributed by atoms with van der Waals surface area (Å²) in [5, 5.41) is 10.2. The number of thiophene rings is 1. The Kier molecular flexibility index (Phi) is 4.71. The van der Waals surface area contributed by atoms with Crippen LogP contribution in [0, 0.1) is 13.8 Å². The number of aryl methyl sites for hydroxylation is 2. The molecule has 3 rings (SSSR count). The van der Waals surface area contributed by atoms with Gasteiger partial charge < -0.3 is 10.8 Å². The molecule has 26 heavy (non-hydrogen) atoms. The number of nitrogens with two attached hydrogens (primary N) is 1. The molecule has 0 saturated heterocycles. The van der Waals surface area contributed by atoms with Gasteiger partial charge in [-0.3, -0.25) is 20.4 Å². The highest BCUT2D eigenvalue weighted by molar-refractivity contribution is 7.21. The Morgan fingerprint density at radius 2 is 1.88 bits per heavy atom. The quantitative estimate of drug-likeness (QED) is 0.502. The number of aromatic hydroxyl groups is 1. The molecule has 2 aromatic heterocycles. The van der Waals surface area contributed by atoms with Gasteiger partial charge in [0.05, 0.1) is 10.7 Å². The van der Waals surface area contributed by atoms with Crippen LogP contribution in [0.5, 0.6) is 5.75 Å². The summed E-state index contributed by atoms with van der Waals surface area (Å²) in [7, 11) is 0. The molecule has 0 radical (unpaired) electrons. The highest BCUT2D eigenvalue weighted by Gasteiger charge is 2.19. The van der Waals surface area contributed by atoms with Gasteiger partial charge in [-0.15, -0.1) is 11.3 Å². The lowest BCUT2D eigenvalue weighted by molar-refractivity contribution is 0.0849. The van der Waals surface area contributed by atoms with E-state index in [-0.39, 0.29) is 21.2 Å². The number of aromatic nitrogens is 1. The van der Waals surface area contributed by atoms with Crippen molar-refractivity contribution in [1.29, 1.82) is 0 Å². The SMILES string of the molecule is Cc1cc(C)c2c(N)c(C(=O)NNC(=O)c3ccc(O)c(Cl)c3)sc2n1. The van der Waals surface area contributed by atoms with Gasteiger partial charge in [-0.1, -0.05) is 11.6 Å². The summed E-state index contributed by atoms with van der Waals surface area (Å²) in [5.41, 5.74) is 13.0. The summed E-state index contributed by atoms with van der Waals surface area (Å²) >= 11 is 6.93. The molecule has 2 heterocycles. The number of fused-ring (bicyclic) bond motifs is 1. The van der Waals surface area contributed by atoms with Crippen molar-refractivity contribution in [1.82, 2.24) is 15.8 Å². The molecule has 5 N–H and O–H groups in total.